The van der Waals surface area contributed by atoms with Gasteiger partial charge in [-0.15, -0.1) is 0 Å². The van der Waals surface area contributed by atoms with Crippen molar-refractivity contribution in [3.63, 3.8) is 0 Å². The first kappa shape index (κ1) is 14.0. The van der Waals surface area contributed by atoms with Gasteiger partial charge in [0.1, 0.15) is 0 Å². The lowest BCUT2D eigenvalue weighted by Crippen LogP contribution is -2.29. The first-order valence-electron chi connectivity index (χ1n) is 5.61. The topological polar surface area (TPSA) is 38.3 Å². The molecule has 1 unspecified atom stereocenters. The van der Waals surface area contributed by atoms with Crippen molar-refractivity contribution in [2.24, 2.45) is 5.92 Å². The highest BCUT2D eigenvalue weighted by Crippen LogP contribution is 2.16. The molecule has 2 atom stereocenters. The molecule has 0 fully saturated rings. The van der Waals surface area contributed by atoms with Crippen LogP contribution in [-0.2, 0) is 9.53 Å². The standard InChI is InChI=1S/C13H18ClNO2/c1-9(13(16)17-3)8-15-10(2)11-4-6-12(14)7-5-11/h4-7,9-10,15H,8H2,1-3H3/t9?,10-/m1/s1. The molecule has 0 heterocycles. The van der Waals surface area contributed by atoms with E-state index in [1.165, 1.54) is 7.11 Å². The predicted octanol–water partition coefficient (Wildman–Crippen LogP) is 2.80. The molecular weight excluding hydrogens is 238 g/mol. The average Bonchev–Trinajstić information content (AvgIpc) is 2.35. The summed E-state index contributed by atoms with van der Waals surface area (Å²) in [6, 6.07) is 7.85. The number of nitrogens with one attached hydrogen (secondary N) is 1. The molecule has 0 aliphatic heterocycles. The van der Waals surface area contributed by atoms with Gasteiger partial charge in [0, 0.05) is 17.6 Å². The third-order valence-corrected chi connectivity index (χ3v) is 2.96. The van der Waals surface area contributed by atoms with E-state index in [9.17, 15) is 4.79 Å². The molecule has 1 aromatic rings. The summed E-state index contributed by atoms with van der Waals surface area (Å²) in [7, 11) is 1.40. The lowest BCUT2D eigenvalue weighted by molar-refractivity contribution is -0.144. The summed E-state index contributed by atoms with van der Waals surface area (Å²) in [6.07, 6.45) is 0. The van der Waals surface area contributed by atoms with E-state index in [4.69, 9.17) is 11.6 Å². The molecule has 0 saturated carbocycles. The molecule has 3 nitrogen and oxygen atoms in total. The number of carbonyl (C=O) groups is 1. The molecule has 0 saturated heterocycles. The lowest BCUT2D eigenvalue weighted by Gasteiger charge is -2.16. The van der Waals surface area contributed by atoms with Crippen LogP contribution >= 0.6 is 11.6 Å². The van der Waals surface area contributed by atoms with Crippen molar-refractivity contribution in [1.82, 2.24) is 5.32 Å². The van der Waals surface area contributed by atoms with E-state index in [1.54, 1.807) is 0 Å². The molecule has 4 heteroatoms. The first-order chi connectivity index (χ1) is 8.04. The van der Waals surface area contributed by atoms with Crippen molar-refractivity contribution >= 4 is 17.6 Å². The van der Waals surface area contributed by atoms with Gasteiger partial charge in [-0.25, -0.2) is 0 Å². The van der Waals surface area contributed by atoms with Gasteiger partial charge in [0.15, 0.2) is 0 Å². The Morgan fingerprint density at radius 3 is 2.47 bits per heavy atom. The van der Waals surface area contributed by atoms with Crippen LogP contribution in [0.25, 0.3) is 0 Å². The number of rotatable bonds is 5. The minimum absolute atomic E-state index is 0.144. The maximum Gasteiger partial charge on any atom is 0.309 e. The Morgan fingerprint density at radius 1 is 1.35 bits per heavy atom. The summed E-state index contributed by atoms with van der Waals surface area (Å²) in [4.78, 5) is 11.2. The predicted molar refractivity (Wildman–Crippen MR) is 69.0 cm³/mol. The van der Waals surface area contributed by atoms with Crippen molar-refractivity contribution in [3.05, 3.63) is 34.9 Å². The minimum Gasteiger partial charge on any atom is -0.469 e. The first-order valence-corrected chi connectivity index (χ1v) is 5.99. The average molecular weight is 256 g/mol. The van der Waals surface area contributed by atoms with Crippen molar-refractivity contribution in [3.8, 4) is 0 Å². The summed E-state index contributed by atoms with van der Waals surface area (Å²) in [5.74, 6) is -0.337. The molecule has 94 valence electrons. The van der Waals surface area contributed by atoms with Gasteiger partial charge >= 0.3 is 5.97 Å². The van der Waals surface area contributed by atoms with Gasteiger partial charge in [-0.3, -0.25) is 4.79 Å². The fraction of sp³-hybridized carbons (Fsp3) is 0.462. The number of esters is 1. The van der Waals surface area contributed by atoms with Gasteiger partial charge in [-0.05, 0) is 24.6 Å². The summed E-state index contributed by atoms with van der Waals surface area (Å²) < 4.78 is 4.67. The Kier molecular flexibility index (Phi) is 5.45. The summed E-state index contributed by atoms with van der Waals surface area (Å²) in [6.45, 7) is 4.48. The number of hydrogen-bond donors (Lipinski definition) is 1. The van der Waals surface area contributed by atoms with E-state index in [0.717, 1.165) is 10.6 Å². The van der Waals surface area contributed by atoms with E-state index in [2.05, 4.69) is 10.1 Å². The number of halogens is 1. The Morgan fingerprint density at radius 2 is 1.94 bits per heavy atom. The van der Waals surface area contributed by atoms with Crippen LogP contribution in [0.4, 0.5) is 0 Å². The molecule has 1 N–H and O–H groups in total. The molecule has 1 rings (SSSR count). The summed E-state index contributed by atoms with van der Waals surface area (Å²) >= 11 is 5.82. The highest BCUT2D eigenvalue weighted by Gasteiger charge is 2.14. The molecule has 0 aliphatic carbocycles. The van der Waals surface area contributed by atoms with Gasteiger partial charge in [0.25, 0.3) is 0 Å². The second kappa shape index (κ2) is 6.62. The number of ether oxygens (including phenoxy) is 1. The quantitative estimate of drug-likeness (QED) is 0.823. The van der Waals surface area contributed by atoms with Crippen LogP contribution in [0.15, 0.2) is 24.3 Å². The van der Waals surface area contributed by atoms with Crippen LogP contribution in [0.1, 0.15) is 25.5 Å². The summed E-state index contributed by atoms with van der Waals surface area (Å²) in [5.41, 5.74) is 1.14. The van der Waals surface area contributed by atoms with Gasteiger partial charge in [-0.2, -0.15) is 0 Å². The molecule has 0 spiro atoms. The molecule has 0 aromatic heterocycles. The third-order valence-electron chi connectivity index (χ3n) is 2.70. The van der Waals surface area contributed by atoms with E-state index >= 15 is 0 Å². The van der Waals surface area contributed by atoms with Crippen molar-refractivity contribution in [2.45, 2.75) is 19.9 Å². The van der Waals surface area contributed by atoms with E-state index in [-0.39, 0.29) is 17.9 Å². The highest BCUT2D eigenvalue weighted by molar-refractivity contribution is 6.30. The second-order valence-corrected chi connectivity index (χ2v) is 4.54. The SMILES string of the molecule is COC(=O)C(C)CN[C@H](C)c1ccc(Cl)cc1. The zero-order valence-corrected chi connectivity index (χ0v) is 11.1. The van der Waals surface area contributed by atoms with Gasteiger partial charge in [0.05, 0.1) is 13.0 Å². The minimum atomic E-state index is -0.194. The molecule has 0 radical (unpaired) electrons. The van der Waals surface area contributed by atoms with Crippen LogP contribution in [0, 0.1) is 5.92 Å². The highest BCUT2D eigenvalue weighted by atomic mass is 35.5. The smallest absolute Gasteiger partial charge is 0.309 e. The maximum absolute atomic E-state index is 11.2. The number of hydrogen-bond acceptors (Lipinski definition) is 3. The van der Waals surface area contributed by atoms with Crippen LogP contribution in [-0.4, -0.2) is 19.6 Å². The number of carbonyl (C=O) groups excluding carboxylic acids is 1. The maximum atomic E-state index is 11.2. The molecule has 0 bridgehead atoms. The van der Waals surface area contributed by atoms with Gasteiger partial charge in [0.2, 0.25) is 0 Å². The van der Waals surface area contributed by atoms with E-state index < -0.39 is 0 Å². The van der Waals surface area contributed by atoms with Crippen LogP contribution in [0.3, 0.4) is 0 Å². The molecule has 0 amide bonds. The second-order valence-electron chi connectivity index (χ2n) is 4.11. The normalized spacial score (nSPS) is 14.1. The van der Waals surface area contributed by atoms with Crippen molar-refractivity contribution in [1.29, 1.82) is 0 Å². The van der Waals surface area contributed by atoms with Gasteiger partial charge in [-0.1, -0.05) is 30.7 Å². The zero-order valence-electron chi connectivity index (χ0n) is 10.4. The van der Waals surface area contributed by atoms with Crippen molar-refractivity contribution in [2.75, 3.05) is 13.7 Å². The largest absolute Gasteiger partial charge is 0.469 e. The van der Waals surface area contributed by atoms with E-state index in [0.29, 0.717) is 6.54 Å². The van der Waals surface area contributed by atoms with Crippen molar-refractivity contribution < 1.29 is 9.53 Å². The Labute approximate surface area is 107 Å². The van der Waals surface area contributed by atoms with Crippen LogP contribution < -0.4 is 5.32 Å². The van der Waals surface area contributed by atoms with Crippen LogP contribution in [0.5, 0.6) is 0 Å². The van der Waals surface area contributed by atoms with E-state index in [1.807, 2.05) is 38.1 Å². The third kappa shape index (κ3) is 4.36. The Balaban J connectivity index is 2.47. The molecule has 0 aliphatic rings. The lowest BCUT2D eigenvalue weighted by atomic mass is 10.1. The fourth-order valence-corrected chi connectivity index (χ4v) is 1.63. The van der Waals surface area contributed by atoms with Gasteiger partial charge < -0.3 is 10.1 Å². The number of methoxy groups -OCH3 is 1. The zero-order chi connectivity index (χ0) is 12.8. The fourth-order valence-electron chi connectivity index (χ4n) is 1.51. The molecular formula is C13H18ClNO2. The Hall–Kier alpha value is -1.06. The molecule has 17 heavy (non-hydrogen) atoms. The molecule has 1 aromatic carbocycles. The number of benzene rings is 1. The monoisotopic (exact) mass is 255 g/mol. The Bertz CT molecular complexity index is 364. The summed E-state index contributed by atoms with van der Waals surface area (Å²) in [5, 5.41) is 4.02. The van der Waals surface area contributed by atoms with Crippen LogP contribution in [0.2, 0.25) is 5.02 Å².